The van der Waals surface area contributed by atoms with E-state index in [1.165, 1.54) is 0 Å². The topological polar surface area (TPSA) is 88.5 Å². The van der Waals surface area contributed by atoms with E-state index in [4.69, 9.17) is 0 Å². The minimum absolute atomic E-state index is 0.00944. The third-order valence-electron chi connectivity index (χ3n) is 4.19. The Morgan fingerprint density at radius 3 is 2.19 bits per heavy atom. The number of anilines is 2. The summed E-state index contributed by atoms with van der Waals surface area (Å²) in [6.07, 6.45) is -9.03. The lowest BCUT2D eigenvalue weighted by molar-refractivity contribution is -0.143. The first-order valence-electron chi connectivity index (χ1n) is 8.48. The third-order valence-corrected chi connectivity index (χ3v) is 4.19. The fraction of sp³-hybridized carbons (Fsp3) is 0.111. The Morgan fingerprint density at radius 1 is 0.903 bits per heavy atom. The summed E-state index contributed by atoms with van der Waals surface area (Å²) in [5.74, 6) is -0.530. The zero-order valence-corrected chi connectivity index (χ0v) is 15.1. The number of imidazole rings is 1. The number of hydrogen-bond donors (Lipinski definition) is 2. The first-order chi connectivity index (χ1) is 14.5. The zero-order chi connectivity index (χ0) is 22.4. The largest absolute Gasteiger partial charge is 0.416 e. The molecule has 0 unspecified atom stereocenters. The number of halogens is 6. The summed E-state index contributed by atoms with van der Waals surface area (Å²) < 4.78 is 79.3. The zero-order valence-electron chi connectivity index (χ0n) is 15.1. The fourth-order valence-electron chi connectivity index (χ4n) is 2.87. The van der Waals surface area contributed by atoms with Crippen molar-refractivity contribution in [2.75, 3.05) is 5.32 Å². The van der Waals surface area contributed by atoms with E-state index in [0.29, 0.717) is 23.2 Å². The van der Waals surface area contributed by atoms with Crippen molar-refractivity contribution in [3.63, 3.8) is 0 Å². The lowest BCUT2D eigenvalue weighted by atomic mass is 10.1. The van der Waals surface area contributed by atoms with Gasteiger partial charge < -0.3 is 10.3 Å². The number of fused-ring (bicyclic) bond motifs is 1. The molecule has 0 radical (unpaired) electrons. The minimum Gasteiger partial charge on any atom is -0.324 e. The van der Waals surface area contributed by atoms with Gasteiger partial charge in [0, 0.05) is 5.69 Å². The van der Waals surface area contributed by atoms with Crippen LogP contribution in [0.5, 0.6) is 0 Å². The maximum absolute atomic E-state index is 13.0. The van der Waals surface area contributed by atoms with Crippen LogP contribution in [0, 0.1) is 0 Å². The molecule has 0 aliphatic carbocycles. The summed E-state index contributed by atoms with van der Waals surface area (Å²) in [7, 11) is 0. The smallest absolute Gasteiger partial charge is 0.324 e. The molecular formula is C18H10F6N6O. The first-order valence-corrected chi connectivity index (χ1v) is 8.48. The number of hydrogen-bond acceptors (Lipinski definition) is 5. The van der Waals surface area contributed by atoms with E-state index in [1.807, 2.05) is 0 Å². The maximum atomic E-state index is 13.0. The number of nitrogens with zero attached hydrogens (tertiary/aromatic N) is 4. The fourth-order valence-corrected chi connectivity index (χ4v) is 2.87. The van der Waals surface area contributed by atoms with Gasteiger partial charge in [-0.1, -0.05) is 12.1 Å². The van der Waals surface area contributed by atoms with Crippen LogP contribution in [0.4, 0.5) is 38.0 Å². The van der Waals surface area contributed by atoms with Crippen molar-refractivity contribution in [2.24, 2.45) is 0 Å². The molecule has 2 aromatic heterocycles. The average Bonchev–Trinajstić information content (AvgIpc) is 3.02. The van der Waals surface area contributed by atoms with E-state index in [2.05, 4.69) is 25.3 Å². The number of aromatic nitrogens is 5. The summed E-state index contributed by atoms with van der Waals surface area (Å²) in [5.41, 5.74) is -3.21. The molecule has 2 heterocycles. The van der Waals surface area contributed by atoms with E-state index in [1.54, 1.807) is 24.3 Å². The molecule has 0 atom stereocenters. The van der Waals surface area contributed by atoms with Gasteiger partial charge in [0.25, 0.3) is 0 Å². The Kier molecular flexibility index (Phi) is 4.67. The standard InChI is InChI=1S/C18H10F6N6O/c19-17(20,21)9-5-10(18(22,23)24)7-11(6-9)27-14-25-8-26-15(29-14)30-13-4-2-1-3-12(13)28-16(30)31/h1-8H,(H,28,31)(H,25,26,27,29). The van der Waals surface area contributed by atoms with Crippen LogP contribution in [-0.4, -0.2) is 24.5 Å². The number of H-pyrrole nitrogens is 1. The van der Waals surface area contributed by atoms with E-state index < -0.39 is 34.9 Å². The molecule has 0 fully saturated rings. The molecule has 0 saturated heterocycles. The lowest BCUT2D eigenvalue weighted by Gasteiger charge is -2.14. The summed E-state index contributed by atoms with van der Waals surface area (Å²) in [6, 6.07) is 7.59. The highest BCUT2D eigenvalue weighted by Crippen LogP contribution is 2.37. The number of aromatic amines is 1. The Hall–Kier alpha value is -3.90. The second-order valence-electron chi connectivity index (χ2n) is 6.31. The van der Waals surface area contributed by atoms with Gasteiger partial charge in [-0.3, -0.25) is 0 Å². The highest BCUT2D eigenvalue weighted by atomic mass is 19.4. The maximum Gasteiger partial charge on any atom is 0.416 e. The predicted octanol–water partition coefficient (Wildman–Crippen LogP) is 4.29. The van der Waals surface area contributed by atoms with Gasteiger partial charge in [-0.25, -0.2) is 19.3 Å². The van der Waals surface area contributed by atoms with E-state index in [-0.39, 0.29) is 18.0 Å². The SMILES string of the molecule is O=c1[nH]c2ccccc2n1-c1ncnc(Nc2cc(C(F)(F)F)cc(C(F)(F)F)c2)n1. The van der Waals surface area contributed by atoms with Crippen molar-refractivity contribution in [1.82, 2.24) is 24.5 Å². The van der Waals surface area contributed by atoms with Crippen molar-refractivity contribution < 1.29 is 26.3 Å². The molecule has 13 heteroatoms. The molecule has 7 nitrogen and oxygen atoms in total. The van der Waals surface area contributed by atoms with Crippen LogP contribution in [0.3, 0.4) is 0 Å². The molecule has 31 heavy (non-hydrogen) atoms. The molecule has 0 spiro atoms. The van der Waals surface area contributed by atoms with Gasteiger partial charge >= 0.3 is 18.0 Å². The molecule has 0 aliphatic rings. The van der Waals surface area contributed by atoms with Crippen LogP contribution in [-0.2, 0) is 12.4 Å². The average molecular weight is 440 g/mol. The second-order valence-corrected chi connectivity index (χ2v) is 6.31. The van der Waals surface area contributed by atoms with Gasteiger partial charge in [0.1, 0.15) is 6.33 Å². The van der Waals surface area contributed by atoms with Gasteiger partial charge in [0.05, 0.1) is 22.2 Å². The van der Waals surface area contributed by atoms with Crippen molar-refractivity contribution in [2.45, 2.75) is 12.4 Å². The van der Waals surface area contributed by atoms with E-state index in [0.717, 1.165) is 10.9 Å². The molecule has 0 aliphatic heterocycles. The minimum atomic E-state index is -5.00. The number of benzene rings is 2. The summed E-state index contributed by atoms with van der Waals surface area (Å²) in [4.78, 5) is 26.4. The quantitative estimate of drug-likeness (QED) is 0.464. The van der Waals surface area contributed by atoms with Gasteiger partial charge in [-0.05, 0) is 30.3 Å². The first kappa shape index (κ1) is 20.4. The lowest BCUT2D eigenvalue weighted by Crippen LogP contribution is -2.18. The Balaban J connectivity index is 1.76. The molecule has 0 saturated carbocycles. The summed E-state index contributed by atoms with van der Waals surface area (Å²) in [6.45, 7) is 0. The normalized spacial score (nSPS) is 12.3. The number of rotatable bonds is 3. The molecule has 0 amide bonds. The Bertz CT molecular complexity index is 1290. The number of para-hydroxylation sites is 2. The Labute approximate surface area is 168 Å². The van der Waals surface area contributed by atoms with Crippen LogP contribution in [0.1, 0.15) is 11.1 Å². The third kappa shape index (κ3) is 4.06. The van der Waals surface area contributed by atoms with Crippen molar-refractivity contribution in [3.8, 4) is 5.95 Å². The highest BCUT2D eigenvalue weighted by Gasteiger charge is 2.37. The summed E-state index contributed by atoms with van der Waals surface area (Å²) in [5, 5.41) is 2.31. The van der Waals surface area contributed by atoms with Gasteiger partial charge in [-0.15, -0.1) is 0 Å². The number of alkyl halides is 6. The Morgan fingerprint density at radius 2 is 1.55 bits per heavy atom. The monoisotopic (exact) mass is 440 g/mol. The highest BCUT2D eigenvalue weighted by molar-refractivity contribution is 5.76. The second kappa shape index (κ2) is 7.11. The van der Waals surface area contributed by atoms with E-state index in [9.17, 15) is 31.1 Å². The molecular weight excluding hydrogens is 430 g/mol. The molecule has 2 aromatic carbocycles. The van der Waals surface area contributed by atoms with Crippen LogP contribution < -0.4 is 11.0 Å². The predicted molar refractivity (Wildman–Crippen MR) is 97.0 cm³/mol. The van der Waals surface area contributed by atoms with Gasteiger partial charge in [0.15, 0.2) is 0 Å². The van der Waals surface area contributed by atoms with E-state index >= 15 is 0 Å². The van der Waals surface area contributed by atoms with Crippen molar-refractivity contribution in [3.05, 3.63) is 70.4 Å². The van der Waals surface area contributed by atoms with Crippen molar-refractivity contribution in [1.29, 1.82) is 0 Å². The van der Waals surface area contributed by atoms with Gasteiger partial charge in [0.2, 0.25) is 11.9 Å². The molecule has 4 aromatic rings. The number of nitrogens with one attached hydrogen (secondary N) is 2. The van der Waals surface area contributed by atoms with Crippen LogP contribution >= 0.6 is 0 Å². The molecule has 4 rings (SSSR count). The van der Waals surface area contributed by atoms with Crippen molar-refractivity contribution >= 4 is 22.7 Å². The van der Waals surface area contributed by atoms with Crippen LogP contribution in [0.25, 0.3) is 17.0 Å². The molecule has 160 valence electrons. The van der Waals surface area contributed by atoms with Crippen LogP contribution in [0.2, 0.25) is 0 Å². The van der Waals surface area contributed by atoms with Crippen LogP contribution in [0.15, 0.2) is 53.6 Å². The van der Waals surface area contributed by atoms with Gasteiger partial charge in [-0.2, -0.15) is 31.3 Å². The molecule has 0 bridgehead atoms. The summed E-state index contributed by atoms with van der Waals surface area (Å²) >= 11 is 0. The molecule has 2 N–H and O–H groups in total.